The van der Waals surface area contributed by atoms with E-state index in [4.69, 9.17) is 4.74 Å². The van der Waals surface area contributed by atoms with Gasteiger partial charge < -0.3 is 10.1 Å². The third-order valence-electron chi connectivity index (χ3n) is 3.62. The smallest absolute Gasteiger partial charge is 0.270 e. The summed E-state index contributed by atoms with van der Waals surface area (Å²) < 4.78 is 5.61. The van der Waals surface area contributed by atoms with Crippen molar-refractivity contribution in [1.82, 2.24) is 20.3 Å². The van der Waals surface area contributed by atoms with Gasteiger partial charge in [-0.1, -0.05) is 30.3 Å². The normalized spacial score (nSPS) is 10.6. The zero-order valence-electron chi connectivity index (χ0n) is 14.3. The number of carbonyl (C=O) groups excluding carboxylic acids is 1. The Hall–Kier alpha value is -2.64. The molecule has 3 rings (SSSR count). The minimum Gasteiger partial charge on any atom is -0.381 e. The van der Waals surface area contributed by atoms with Crippen LogP contribution in [-0.4, -0.2) is 40.6 Å². The van der Waals surface area contributed by atoms with Gasteiger partial charge in [-0.05, 0) is 24.5 Å². The van der Waals surface area contributed by atoms with Gasteiger partial charge in [0, 0.05) is 30.9 Å². The van der Waals surface area contributed by atoms with Crippen LogP contribution in [0.2, 0.25) is 0 Å². The monoisotopic (exact) mass is 368 g/mol. The fourth-order valence-electron chi connectivity index (χ4n) is 2.29. The fraction of sp³-hybridized carbons (Fsp3) is 0.263. The first-order valence-corrected chi connectivity index (χ1v) is 9.33. The summed E-state index contributed by atoms with van der Waals surface area (Å²) >= 11 is 1.36. The van der Waals surface area contributed by atoms with Crippen LogP contribution in [0.1, 0.15) is 22.5 Å². The largest absolute Gasteiger partial charge is 0.381 e. The summed E-state index contributed by atoms with van der Waals surface area (Å²) in [5, 5.41) is 5.22. The van der Waals surface area contributed by atoms with Gasteiger partial charge in [0.2, 0.25) is 0 Å². The van der Waals surface area contributed by atoms with Crippen LogP contribution in [-0.2, 0) is 11.2 Å². The molecule has 1 amide bonds. The van der Waals surface area contributed by atoms with Crippen LogP contribution >= 0.6 is 11.3 Å². The average molecular weight is 368 g/mol. The molecule has 6 nitrogen and oxygen atoms in total. The predicted molar refractivity (Wildman–Crippen MR) is 101 cm³/mol. The Morgan fingerprint density at radius 1 is 1.08 bits per heavy atom. The number of amides is 1. The molecule has 0 fully saturated rings. The van der Waals surface area contributed by atoms with Crippen LogP contribution in [0.15, 0.2) is 54.2 Å². The predicted octanol–water partition coefficient (Wildman–Crippen LogP) is 2.98. The molecule has 0 unspecified atom stereocenters. The molecule has 26 heavy (non-hydrogen) atoms. The summed E-state index contributed by atoms with van der Waals surface area (Å²) in [4.78, 5) is 24.7. The van der Waals surface area contributed by atoms with E-state index in [9.17, 15) is 4.79 Å². The molecular weight excluding hydrogens is 348 g/mol. The molecule has 0 saturated heterocycles. The third-order valence-corrected chi connectivity index (χ3v) is 4.46. The van der Waals surface area contributed by atoms with Gasteiger partial charge in [-0.25, -0.2) is 15.0 Å². The van der Waals surface area contributed by atoms with Gasteiger partial charge in [-0.3, -0.25) is 4.79 Å². The lowest BCUT2D eigenvalue weighted by atomic mass is 10.2. The second kappa shape index (κ2) is 9.74. The van der Waals surface area contributed by atoms with Gasteiger partial charge in [0.25, 0.3) is 5.91 Å². The standard InChI is InChI=1S/C19H20N4O2S/c24-18(16-14-26-19(23-16)17-20-9-4-10-21-17)22-11-5-12-25-13-8-15-6-2-1-3-7-15/h1-4,6-7,9-10,14H,5,8,11-13H2,(H,22,24). The van der Waals surface area contributed by atoms with E-state index in [0.717, 1.165) is 12.8 Å². The zero-order chi connectivity index (χ0) is 18.0. The number of nitrogens with one attached hydrogen (secondary N) is 1. The van der Waals surface area contributed by atoms with Crippen molar-refractivity contribution in [2.75, 3.05) is 19.8 Å². The second-order valence-corrected chi connectivity index (χ2v) is 6.43. The Labute approximate surface area is 156 Å². The van der Waals surface area contributed by atoms with E-state index in [0.29, 0.717) is 36.3 Å². The molecule has 0 bridgehead atoms. The first-order chi connectivity index (χ1) is 12.8. The highest BCUT2D eigenvalue weighted by molar-refractivity contribution is 7.13. The number of hydrogen-bond donors (Lipinski definition) is 1. The van der Waals surface area contributed by atoms with E-state index < -0.39 is 0 Å². The van der Waals surface area contributed by atoms with Crippen LogP contribution in [0.25, 0.3) is 10.8 Å². The highest BCUT2D eigenvalue weighted by Crippen LogP contribution is 2.19. The van der Waals surface area contributed by atoms with Crippen molar-refractivity contribution >= 4 is 17.2 Å². The maximum atomic E-state index is 12.1. The molecule has 1 N–H and O–H groups in total. The Morgan fingerprint density at radius 3 is 2.69 bits per heavy atom. The summed E-state index contributed by atoms with van der Waals surface area (Å²) in [6.07, 6.45) is 4.97. The number of ether oxygens (including phenoxy) is 1. The molecule has 134 valence electrons. The van der Waals surface area contributed by atoms with Crippen molar-refractivity contribution in [2.45, 2.75) is 12.8 Å². The van der Waals surface area contributed by atoms with Crippen molar-refractivity contribution in [3.05, 3.63) is 65.4 Å². The average Bonchev–Trinajstić information content (AvgIpc) is 3.19. The summed E-state index contributed by atoms with van der Waals surface area (Å²) in [6, 6.07) is 12.0. The van der Waals surface area contributed by atoms with Gasteiger partial charge in [-0.2, -0.15) is 0 Å². The van der Waals surface area contributed by atoms with Gasteiger partial charge in [-0.15, -0.1) is 11.3 Å². The Morgan fingerprint density at radius 2 is 1.88 bits per heavy atom. The van der Waals surface area contributed by atoms with E-state index in [1.54, 1.807) is 23.8 Å². The lowest BCUT2D eigenvalue weighted by Crippen LogP contribution is -2.25. The molecule has 2 aromatic heterocycles. The third kappa shape index (κ3) is 5.44. The van der Waals surface area contributed by atoms with Gasteiger partial charge in [0.1, 0.15) is 5.69 Å². The van der Waals surface area contributed by atoms with E-state index in [1.165, 1.54) is 16.9 Å². The van der Waals surface area contributed by atoms with Crippen molar-refractivity contribution in [1.29, 1.82) is 0 Å². The van der Waals surface area contributed by atoms with Crippen LogP contribution in [0, 0.1) is 0 Å². The van der Waals surface area contributed by atoms with Gasteiger partial charge in [0.05, 0.1) is 6.61 Å². The summed E-state index contributed by atoms with van der Waals surface area (Å²) in [6.45, 7) is 1.86. The fourth-order valence-corrected chi connectivity index (χ4v) is 3.04. The molecule has 7 heteroatoms. The van der Waals surface area contributed by atoms with E-state index in [1.807, 2.05) is 18.2 Å². The second-order valence-electron chi connectivity index (χ2n) is 5.57. The van der Waals surface area contributed by atoms with Crippen LogP contribution in [0.5, 0.6) is 0 Å². The number of hydrogen-bond acceptors (Lipinski definition) is 6. The Kier molecular flexibility index (Phi) is 6.80. The first kappa shape index (κ1) is 18.2. The van der Waals surface area contributed by atoms with Crippen molar-refractivity contribution in [3.8, 4) is 10.8 Å². The topological polar surface area (TPSA) is 77.0 Å². The van der Waals surface area contributed by atoms with Crippen molar-refractivity contribution in [3.63, 3.8) is 0 Å². The summed E-state index contributed by atoms with van der Waals surface area (Å²) in [5.41, 5.74) is 1.66. The van der Waals surface area contributed by atoms with E-state index in [2.05, 4.69) is 32.4 Å². The molecule has 0 atom stereocenters. The number of carbonyl (C=O) groups is 1. The minimum atomic E-state index is -0.187. The first-order valence-electron chi connectivity index (χ1n) is 8.46. The maximum absolute atomic E-state index is 12.1. The SMILES string of the molecule is O=C(NCCCOCCc1ccccc1)c1csc(-c2ncccn2)n1. The Balaban J connectivity index is 1.33. The molecule has 0 radical (unpaired) electrons. The molecule has 3 aromatic rings. The van der Waals surface area contributed by atoms with E-state index >= 15 is 0 Å². The molecule has 0 spiro atoms. The minimum absolute atomic E-state index is 0.187. The molecular formula is C19H20N4O2S. The molecule has 1 aromatic carbocycles. The Bertz CT molecular complexity index is 809. The summed E-state index contributed by atoms with van der Waals surface area (Å²) in [5.74, 6) is 0.344. The quantitative estimate of drug-likeness (QED) is 0.588. The number of thiazole rings is 1. The number of benzene rings is 1. The van der Waals surface area contributed by atoms with Crippen molar-refractivity contribution in [2.24, 2.45) is 0 Å². The van der Waals surface area contributed by atoms with Gasteiger partial charge >= 0.3 is 0 Å². The van der Waals surface area contributed by atoms with Crippen LogP contribution in [0.4, 0.5) is 0 Å². The van der Waals surface area contributed by atoms with Crippen molar-refractivity contribution < 1.29 is 9.53 Å². The number of aromatic nitrogens is 3. The zero-order valence-corrected chi connectivity index (χ0v) is 15.1. The highest BCUT2D eigenvalue weighted by Gasteiger charge is 2.12. The van der Waals surface area contributed by atoms with Gasteiger partial charge in [0.15, 0.2) is 10.8 Å². The van der Waals surface area contributed by atoms with Crippen LogP contribution in [0.3, 0.4) is 0 Å². The lowest BCUT2D eigenvalue weighted by Gasteiger charge is -2.05. The van der Waals surface area contributed by atoms with E-state index in [-0.39, 0.29) is 5.91 Å². The molecule has 0 aliphatic heterocycles. The molecule has 0 saturated carbocycles. The van der Waals surface area contributed by atoms with Crippen LogP contribution < -0.4 is 5.32 Å². The number of rotatable bonds is 9. The molecule has 0 aliphatic rings. The summed E-state index contributed by atoms with van der Waals surface area (Å²) in [7, 11) is 0. The lowest BCUT2D eigenvalue weighted by molar-refractivity contribution is 0.0938. The molecule has 0 aliphatic carbocycles. The molecule has 2 heterocycles. The maximum Gasteiger partial charge on any atom is 0.270 e. The highest BCUT2D eigenvalue weighted by atomic mass is 32.1. The number of nitrogens with zero attached hydrogens (tertiary/aromatic N) is 3.